The Bertz CT molecular complexity index is 356. The van der Waals surface area contributed by atoms with Crippen LogP contribution in [0.3, 0.4) is 0 Å². The first-order valence-corrected chi connectivity index (χ1v) is 7.86. The zero-order chi connectivity index (χ0) is 11.7. The summed E-state index contributed by atoms with van der Waals surface area (Å²) < 4.78 is 0. The lowest BCUT2D eigenvalue weighted by atomic mass is 9.98. The minimum Gasteiger partial charge on any atom is -0.311 e. The maximum atomic E-state index is 4.92. The minimum absolute atomic E-state index is 0.521. The van der Waals surface area contributed by atoms with Gasteiger partial charge in [-0.1, -0.05) is 12.8 Å². The standard InChI is InChI=1S/C14H22N2S/c1-15-13(10-6-2-3-7-10)14-16-11-8-4-5-9-12(11)17-14/h10,13,15H,2-9H2,1H3. The van der Waals surface area contributed by atoms with Crippen LogP contribution >= 0.6 is 11.3 Å². The Morgan fingerprint density at radius 3 is 2.65 bits per heavy atom. The Morgan fingerprint density at radius 1 is 1.18 bits per heavy atom. The maximum Gasteiger partial charge on any atom is 0.110 e. The lowest BCUT2D eigenvalue weighted by molar-refractivity contribution is 0.388. The SMILES string of the molecule is CNC(c1nc2c(s1)CCCC2)C1CCCC1. The molecule has 0 amide bonds. The third-order valence-corrected chi connectivity index (χ3v) is 5.55. The molecule has 17 heavy (non-hydrogen) atoms. The van der Waals surface area contributed by atoms with Gasteiger partial charge in [0.2, 0.25) is 0 Å². The Hall–Kier alpha value is -0.410. The molecule has 1 heterocycles. The van der Waals surface area contributed by atoms with Crippen molar-refractivity contribution in [3.63, 3.8) is 0 Å². The van der Waals surface area contributed by atoms with Crippen LogP contribution < -0.4 is 5.32 Å². The molecular formula is C14H22N2S. The van der Waals surface area contributed by atoms with E-state index in [0.717, 1.165) is 5.92 Å². The molecule has 3 heteroatoms. The number of hydrogen-bond acceptors (Lipinski definition) is 3. The van der Waals surface area contributed by atoms with Gasteiger partial charge in [0, 0.05) is 4.88 Å². The summed E-state index contributed by atoms with van der Waals surface area (Å²) in [5, 5.41) is 4.88. The Morgan fingerprint density at radius 2 is 1.94 bits per heavy atom. The predicted molar refractivity (Wildman–Crippen MR) is 72.5 cm³/mol. The molecule has 0 spiro atoms. The van der Waals surface area contributed by atoms with E-state index in [-0.39, 0.29) is 0 Å². The number of aromatic nitrogens is 1. The van der Waals surface area contributed by atoms with Crippen LogP contribution in [0.1, 0.15) is 60.1 Å². The second kappa shape index (κ2) is 5.07. The van der Waals surface area contributed by atoms with Gasteiger partial charge in [-0.3, -0.25) is 0 Å². The average molecular weight is 250 g/mol. The maximum absolute atomic E-state index is 4.92. The summed E-state index contributed by atoms with van der Waals surface area (Å²) in [6.45, 7) is 0. The van der Waals surface area contributed by atoms with Crippen molar-refractivity contribution in [1.82, 2.24) is 10.3 Å². The average Bonchev–Trinajstić information content (AvgIpc) is 2.98. The van der Waals surface area contributed by atoms with E-state index < -0.39 is 0 Å². The van der Waals surface area contributed by atoms with Gasteiger partial charge in [0.1, 0.15) is 5.01 Å². The van der Waals surface area contributed by atoms with E-state index in [1.165, 1.54) is 62.1 Å². The highest BCUT2D eigenvalue weighted by Gasteiger charge is 2.28. The fourth-order valence-corrected chi connectivity index (χ4v) is 4.71. The fraction of sp³-hybridized carbons (Fsp3) is 0.786. The number of rotatable bonds is 3. The number of hydrogen-bond donors (Lipinski definition) is 1. The van der Waals surface area contributed by atoms with Crippen LogP contribution in [0.25, 0.3) is 0 Å². The fourth-order valence-electron chi connectivity index (χ4n) is 3.36. The first kappa shape index (κ1) is 11.7. The van der Waals surface area contributed by atoms with Crippen LogP contribution in [0.5, 0.6) is 0 Å². The van der Waals surface area contributed by atoms with E-state index in [0.29, 0.717) is 6.04 Å². The lowest BCUT2D eigenvalue weighted by Crippen LogP contribution is -2.23. The van der Waals surface area contributed by atoms with E-state index in [1.807, 2.05) is 11.3 Å². The second-order valence-electron chi connectivity index (χ2n) is 5.44. The topological polar surface area (TPSA) is 24.9 Å². The molecule has 1 aromatic heterocycles. The van der Waals surface area contributed by atoms with Gasteiger partial charge in [-0.05, 0) is 51.5 Å². The van der Waals surface area contributed by atoms with E-state index in [1.54, 1.807) is 4.88 Å². The van der Waals surface area contributed by atoms with Gasteiger partial charge < -0.3 is 5.32 Å². The van der Waals surface area contributed by atoms with Crippen LogP contribution in [0.2, 0.25) is 0 Å². The van der Waals surface area contributed by atoms with Crippen molar-refractivity contribution >= 4 is 11.3 Å². The van der Waals surface area contributed by atoms with Crippen LogP contribution in [-0.4, -0.2) is 12.0 Å². The Kier molecular flexibility index (Phi) is 3.48. The zero-order valence-electron chi connectivity index (χ0n) is 10.7. The number of aryl methyl sites for hydroxylation is 2. The third-order valence-electron chi connectivity index (χ3n) is 4.31. The van der Waals surface area contributed by atoms with Crippen molar-refractivity contribution in [2.75, 3.05) is 7.05 Å². The monoisotopic (exact) mass is 250 g/mol. The third kappa shape index (κ3) is 2.27. The molecule has 1 unspecified atom stereocenters. The smallest absolute Gasteiger partial charge is 0.110 e. The molecule has 3 rings (SSSR count). The van der Waals surface area contributed by atoms with Gasteiger partial charge in [-0.15, -0.1) is 11.3 Å². The highest BCUT2D eigenvalue weighted by atomic mass is 32.1. The molecule has 0 saturated heterocycles. The lowest BCUT2D eigenvalue weighted by Gasteiger charge is -2.20. The van der Waals surface area contributed by atoms with Crippen molar-refractivity contribution in [1.29, 1.82) is 0 Å². The molecule has 1 atom stereocenters. The summed E-state index contributed by atoms with van der Waals surface area (Å²) in [5.41, 5.74) is 1.41. The molecule has 2 aliphatic carbocycles. The van der Waals surface area contributed by atoms with Crippen LogP contribution in [0, 0.1) is 5.92 Å². The van der Waals surface area contributed by atoms with Gasteiger partial charge in [0.05, 0.1) is 11.7 Å². The van der Waals surface area contributed by atoms with Crippen LogP contribution in [-0.2, 0) is 12.8 Å². The summed E-state index contributed by atoms with van der Waals surface area (Å²) in [5.74, 6) is 0.826. The van der Waals surface area contributed by atoms with Crippen molar-refractivity contribution in [2.45, 2.75) is 57.4 Å². The number of nitrogens with zero attached hydrogens (tertiary/aromatic N) is 1. The summed E-state index contributed by atoms with van der Waals surface area (Å²) in [7, 11) is 2.10. The van der Waals surface area contributed by atoms with Crippen molar-refractivity contribution in [3.8, 4) is 0 Å². The van der Waals surface area contributed by atoms with Crippen LogP contribution in [0.4, 0.5) is 0 Å². The zero-order valence-corrected chi connectivity index (χ0v) is 11.5. The normalized spacial score (nSPS) is 22.6. The summed E-state index contributed by atoms with van der Waals surface area (Å²) >= 11 is 1.98. The summed E-state index contributed by atoms with van der Waals surface area (Å²) in [4.78, 5) is 6.50. The molecular weight excluding hydrogens is 228 g/mol. The highest BCUT2D eigenvalue weighted by molar-refractivity contribution is 7.11. The van der Waals surface area contributed by atoms with E-state index in [2.05, 4.69) is 12.4 Å². The van der Waals surface area contributed by atoms with Gasteiger partial charge in [-0.25, -0.2) is 4.98 Å². The molecule has 0 aromatic carbocycles. The van der Waals surface area contributed by atoms with Crippen molar-refractivity contribution in [2.24, 2.45) is 5.92 Å². The van der Waals surface area contributed by atoms with Gasteiger partial charge in [-0.2, -0.15) is 0 Å². The molecule has 2 nitrogen and oxygen atoms in total. The molecule has 0 bridgehead atoms. The van der Waals surface area contributed by atoms with Gasteiger partial charge in [0.25, 0.3) is 0 Å². The number of fused-ring (bicyclic) bond motifs is 1. The summed E-state index contributed by atoms with van der Waals surface area (Å²) in [6.07, 6.45) is 10.8. The van der Waals surface area contributed by atoms with E-state index >= 15 is 0 Å². The van der Waals surface area contributed by atoms with E-state index in [4.69, 9.17) is 4.98 Å². The van der Waals surface area contributed by atoms with Gasteiger partial charge in [0.15, 0.2) is 0 Å². The quantitative estimate of drug-likeness (QED) is 0.888. The largest absolute Gasteiger partial charge is 0.311 e. The van der Waals surface area contributed by atoms with Crippen LogP contribution in [0.15, 0.2) is 0 Å². The van der Waals surface area contributed by atoms with Gasteiger partial charge >= 0.3 is 0 Å². The van der Waals surface area contributed by atoms with Crippen molar-refractivity contribution < 1.29 is 0 Å². The number of nitrogens with one attached hydrogen (secondary N) is 1. The Labute approximate surface area is 108 Å². The van der Waals surface area contributed by atoms with Crippen molar-refractivity contribution in [3.05, 3.63) is 15.6 Å². The molecule has 2 aliphatic rings. The first-order chi connectivity index (χ1) is 8.38. The second-order valence-corrected chi connectivity index (χ2v) is 6.56. The number of thiazole rings is 1. The Balaban J connectivity index is 1.83. The minimum atomic E-state index is 0.521. The molecule has 1 saturated carbocycles. The highest BCUT2D eigenvalue weighted by Crippen LogP contribution is 2.38. The molecule has 1 N–H and O–H groups in total. The molecule has 0 aliphatic heterocycles. The molecule has 94 valence electrons. The first-order valence-electron chi connectivity index (χ1n) is 7.04. The molecule has 1 fully saturated rings. The van der Waals surface area contributed by atoms with E-state index in [9.17, 15) is 0 Å². The molecule has 1 aromatic rings. The molecule has 0 radical (unpaired) electrons. The predicted octanol–water partition coefficient (Wildman–Crippen LogP) is 3.47. The summed E-state index contributed by atoms with van der Waals surface area (Å²) in [6, 6.07) is 0.521.